The number of nitrogens with two attached hydrogens (primary N) is 1. The van der Waals surface area contributed by atoms with E-state index in [-0.39, 0.29) is 18.4 Å². The third-order valence-electron chi connectivity index (χ3n) is 6.35. The lowest BCUT2D eigenvalue weighted by Gasteiger charge is -2.32. The van der Waals surface area contributed by atoms with Crippen LogP contribution in [-0.2, 0) is 4.74 Å². The smallest absolute Gasteiger partial charge is 0.290 e. The first-order chi connectivity index (χ1) is 18.6. The number of furan rings is 1. The predicted molar refractivity (Wildman–Crippen MR) is 145 cm³/mol. The van der Waals surface area contributed by atoms with Crippen molar-refractivity contribution in [2.75, 3.05) is 57.2 Å². The van der Waals surface area contributed by atoms with Gasteiger partial charge in [-0.15, -0.1) is 0 Å². The first-order valence-electron chi connectivity index (χ1n) is 12.5. The number of carbonyl (C=O) groups is 2. The molecule has 5 rings (SSSR count). The number of morpholine rings is 1. The molecule has 0 atom stereocenters. The minimum absolute atomic E-state index is 0.191. The fraction of sp³-hybridized carbons (Fsp3) is 0.241. The van der Waals surface area contributed by atoms with Gasteiger partial charge in [-0.1, -0.05) is 30.3 Å². The van der Waals surface area contributed by atoms with E-state index in [0.717, 1.165) is 18.5 Å². The van der Waals surface area contributed by atoms with Crippen molar-refractivity contribution >= 4 is 34.2 Å². The number of nitrogens with one attached hydrogen (secondary N) is 1. The second-order valence-corrected chi connectivity index (χ2v) is 9.00. The molecule has 1 aromatic heterocycles. The van der Waals surface area contributed by atoms with Crippen molar-refractivity contribution in [2.24, 2.45) is 0 Å². The van der Waals surface area contributed by atoms with Crippen LogP contribution in [0, 0.1) is 0 Å². The van der Waals surface area contributed by atoms with Gasteiger partial charge in [-0.25, -0.2) is 0 Å². The molecule has 3 aromatic carbocycles. The Morgan fingerprint density at radius 3 is 2.47 bits per heavy atom. The molecule has 1 aliphatic heterocycles. The summed E-state index contributed by atoms with van der Waals surface area (Å²) in [5.41, 5.74) is 8.13. The van der Waals surface area contributed by atoms with Crippen LogP contribution in [0.15, 0.2) is 83.3 Å². The Hall–Kier alpha value is -4.34. The Labute approximate surface area is 220 Å². The summed E-state index contributed by atoms with van der Waals surface area (Å²) in [5, 5.41) is 3.70. The summed E-state index contributed by atoms with van der Waals surface area (Å²) < 4.78 is 17.2. The molecule has 4 aromatic rings. The van der Waals surface area contributed by atoms with Crippen molar-refractivity contribution < 1.29 is 23.5 Å². The molecule has 0 saturated carbocycles. The highest BCUT2D eigenvalue weighted by Crippen LogP contribution is 2.21. The quantitative estimate of drug-likeness (QED) is 0.324. The maximum Gasteiger partial charge on any atom is 0.290 e. The second-order valence-electron chi connectivity index (χ2n) is 9.00. The van der Waals surface area contributed by atoms with E-state index in [1.165, 1.54) is 0 Å². The van der Waals surface area contributed by atoms with Crippen LogP contribution in [0.3, 0.4) is 0 Å². The highest BCUT2D eigenvalue weighted by Gasteiger charge is 2.23. The largest absolute Gasteiger partial charge is 0.492 e. The molecular formula is C29H30N4O5. The first kappa shape index (κ1) is 25.3. The van der Waals surface area contributed by atoms with Crippen LogP contribution in [0.4, 0.5) is 11.4 Å². The van der Waals surface area contributed by atoms with Crippen molar-refractivity contribution in [2.45, 2.75) is 0 Å². The number of anilines is 2. The Morgan fingerprint density at radius 1 is 0.974 bits per heavy atom. The van der Waals surface area contributed by atoms with Gasteiger partial charge in [0, 0.05) is 24.0 Å². The highest BCUT2D eigenvalue weighted by atomic mass is 16.5. The Morgan fingerprint density at radius 2 is 1.71 bits per heavy atom. The van der Waals surface area contributed by atoms with Gasteiger partial charge in [-0.2, -0.15) is 0 Å². The van der Waals surface area contributed by atoms with Crippen LogP contribution in [0.1, 0.15) is 20.9 Å². The molecule has 1 saturated heterocycles. The molecule has 2 heterocycles. The average Bonchev–Trinajstić information content (AvgIpc) is 3.39. The maximum atomic E-state index is 13.4. The molecule has 9 heteroatoms. The monoisotopic (exact) mass is 514 g/mol. The maximum absolute atomic E-state index is 13.4. The van der Waals surface area contributed by atoms with E-state index >= 15 is 0 Å². The first-order valence-corrected chi connectivity index (χ1v) is 12.5. The van der Waals surface area contributed by atoms with Crippen molar-refractivity contribution in [1.82, 2.24) is 9.80 Å². The van der Waals surface area contributed by atoms with E-state index in [1.807, 2.05) is 36.4 Å². The van der Waals surface area contributed by atoms with Gasteiger partial charge < -0.3 is 29.8 Å². The van der Waals surface area contributed by atoms with Crippen molar-refractivity contribution in [3.8, 4) is 5.75 Å². The van der Waals surface area contributed by atoms with Crippen LogP contribution in [0.25, 0.3) is 11.0 Å². The van der Waals surface area contributed by atoms with Gasteiger partial charge in [0.1, 0.15) is 17.9 Å². The lowest BCUT2D eigenvalue weighted by atomic mass is 10.2. The molecule has 0 unspecified atom stereocenters. The van der Waals surface area contributed by atoms with E-state index in [2.05, 4.69) is 10.2 Å². The zero-order chi connectivity index (χ0) is 26.3. The molecule has 0 bridgehead atoms. The van der Waals surface area contributed by atoms with Gasteiger partial charge in [0.15, 0.2) is 5.76 Å². The zero-order valence-corrected chi connectivity index (χ0v) is 21.0. The fourth-order valence-corrected chi connectivity index (χ4v) is 4.25. The van der Waals surface area contributed by atoms with E-state index < -0.39 is 0 Å². The number of benzene rings is 3. The number of ether oxygens (including phenoxy) is 2. The average molecular weight is 515 g/mol. The molecular weight excluding hydrogens is 484 g/mol. The third kappa shape index (κ3) is 6.13. The van der Waals surface area contributed by atoms with Crippen LogP contribution in [0.2, 0.25) is 0 Å². The van der Waals surface area contributed by atoms with E-state index in [4.69, 9.17) is 19.6 Å². The number of para-hydroxylation sites is 3. The Bertz CT molecular complexity index is 1360. The van der Waals surface area contributed by atoms with E-state index in [9.17, 15) is 9.59 Å². The highest BCUT2D eigenvalue weighted by molar-refractivity contribution is 6.05. The summed E-state index contributed by atoms with van der Waals surface area (Å²) in [5.74, 6) is 0.447. The van der Waals surface area contributed by atoms with Gasteiger partial charge in [0.05, 0.1) is 37.8 Å². The van der Waals surface area contributed by atoms with Gasteiger partial charge in [0.25, 0.3) is 11.8 Å². The van der Waals surface area contributed by atoms with Crippen LogP contribution in [-0.4, -0.2) is 67.7 Å². The summed E-state index contributed by atoms with van der Waals surface area (Å²) in [6.45, 7) is 3.88. The minimum Gasteiger partial charge on any atom is -0.492 e. The van der Waals surface area contributed by atoms with Crippen LogP contribution in [0.5, 0.6) is 5.75 Å². The van der Waals surface area contributed by atoms with E-state index in [1.54, 1.807) is 47.4 Å². The number of fused-ring (bicyclic) bond motifs is 1. The standard InChI is InChI=1S/C29H30N4O5/c30-24-6-2-3-7-25(24)31-28(34)21-9-11-23(12-10-21)37-18-15-33(20-32-13-16-36-17-14-32)29(35)27-19-22-5-1-4-8-26(22)38-27/h1-12,19H,13-18,20,30H2,(H,31,34). The molecule has 2 amide bonds. The molecule has 38 heavy (non-hydrogen) atoms. The molecule has 0 radical (unpaired) electrons. The second kappa shape index (κ2) is 11.8. The number of nitrogen functional groups attached to an aromatic ring is 1. The predicted octanol–water partition coefficient (Wildman–Crippen LogP) is 4.08. The van der Waals surface area contributed by atoms with Gasteiger partial charge in [-0.05, 0) is 48.5 Å². The van der Waals surface area contributed by atoms with Gasteiger partial charge in [0.2, 0.25) is 0 Å². The number of rotatable bonds is 9. The van der Waals surface area contributed by atoms with E-state index in [0.29, 0.717) is 60.5 Å². The Kier molecular flexibility index (Phi) is 7.86. The number of hydrogen-bond acceptors (Lipinski definition) is 7. The Balaban J connectivity index is 1.21. The lowest BCUT2D eigenvalue weighted by Crippen LogP contribution is -2.47. The van der Waals surface area contributed by atoms with Crippen LogP contribution >= 0.6 is 0 Å². The van der Waals surface area contributed by atoms with Gasteiger partial charge >= 0.3 is 0 Å². The molecule has 9 nitrogen and oxygen atoms in total. The van der Waals surface area contributed by atoms with Crippen molar-refractivity contribution in [3.63, 3.8) is 0 Å². The lowest BCUT2D eigenvalue weighted by molar-refractivity contribution is 0.00756. The topological polar surface area (TPSA) is 110 Å². The van der Waals surface area contributed by atoms with Crippen LogP contribution < -0.4 is 15.8 Å². The number of hydrogen-bond donors (Lipinski definition) is 2. The third-order valence-corrected chi connectivity index (χ3v) is 6.35. The number of nitrogens with zero attached hydrogens (tertiary/aromatic N) is 2. The summed E-state index contributed by atoms with van der Waals surface area (Å²) in [6, 6.07) is 23.3. The SMILES string of the molecule is Nc1ccccc1NC(=O)c1ccc(OCCN(CN2CCOCC2)C(=O)c2cc3ccccc3o2)cc1. The van der Waals surface area contributed by atoms with Crippen molar-refractivity contribution in [1.29, 1.82) is 0 Å². The molecule has 0 aliphatic carbocycles. The molecule has 3 N–H and O–H groups in total. The summed E-state index contributed by atoms with van der Waals surface area (Å²) >= 11 is 0. The molecule has 1 aliphatic rings. The zero-order valence-electron chi connectivity index (χ0n) is 21.0. The molecule has 196 valence electrons. The number of amides is 2. The normalized spacial score (nSPS) is 13.8. The number of carbonyl (C=O) groups excluding carboxylic acids is 2. The van der Waals surface area contributed by atoms with Crippen molar-refractivity contribution in [3.05, 3.63) is 90.2 Å². The minimum atomic E-state index is -0.262. The fourth-order valence-electron chi connectivity index (χ4n) is 4.25. The van der Waals surface area contributed by atoms with Gasteiger partial charge in [-0.3, -0.25) is 14.5 Å². The summed E-state index contributed by atoms with van der Waals surface area (Å²) in [4.78, 5) is 29.9. The summed E-state index contributed by atoms with van der Waals surface area (Å²) in [6.07, 6.45) is 0. The molecule has 1 fully saturated rings. The molecule has 0 spiro atoms. The summed E-state index contributed by atoms with van der Waals surface area (Å²) in [7, 11) is 0.